The second-order valence-electron chi connectivity index (χ2n) is 6.96. The van der Waals surface area contributed by atoms with E-state index in [1.807, 2.05) is 19.0 Å². The molecule has 1 atom stereocenters. The molecule has 0 aliphatic carbocycles. The van der Waals surface area contributed by atoms with E-state index in [1.165, 1.54) is 28.4 Å². The molecule has 1 amide bonds. The van der Waals surface area contributed by atoms with Gasteiger partial charge in [0.2, 0.25) is 5.78 Å². The van der Waals surface area contributed by atoms with Crippen LogP contribution in [0.4, 0.5) is 4.39 Å². The van der Waals surface area contributed by atoms with Crippen molar-refractivity contribution in [1.29, 1.82) is 0 Å². The highest BCUT2D eigenvalue weighted by molar-refractivity contribution is 7.14. The maximum atomic E-state index is 14.6. The fourth-order valence-corrected chi connectivity index (χ4v) is 4.18. The molecule has 3 rings (SSSR count). The molecule has 0 saturated heterocycles. The van der Waals surface area contributed by atoms with Gasteiger partial charge in [0.1, 0.15) is 5.82 Å². The number of aliphatic hydroxyl groups is 1. The summed E-state index contributed by atoms with van der Waals surface area (Å²) >= 11 is 1.20. The van der Waals surface area contributed by atoms with Gasteiger partial charge < -0.3 is 14.9 Å². The van der Waals surface area contributed by atoms with Crippen molar-refractivity contribution in [2.75, 3.05) is 27.2 Å². The first-order chi connectivity index (χ1) is 13.2. The van der Waals surface area contributed by atoms with Gasteiger partial charge in [0.25, 0.3) is 5.91 Å². The number of likely N-dealkylation sites (N-methyl/N-ethyl adjacent to an activating group) is 1. The Morgan fingerprint density at radius 2 is 2.00 bits per heavy atom. The molecule has 2 aromatic rings. The van der Waals surface area contributed by atoms with Crippen molar-refractivity contribution in [3.05, 3.63) is 62.6 Å². The fraction of sp³-hybridized carbons (Fsp3) is 0.350. The first-order valence-electron chi connectivity index (χ1n) is 8.84. The van der Waals surface area contributed by atoms with Gasteiger partial charge in [-0.1, -0.05) is 18.2 Å². The summed E-state index contributed by atoms with van der Waals surface area (Å²) in [7, 11) is 3.70. The van der Waals surface area contributed by atoms with Gasteiger partial charge in [-0.15, -0.1) is 11.3 Å². The first kappa shape index (κ1) is 20.2. The van der Waals surface area contributed by atoms with Crippen molar-refractivity contribution in [2.45, 2.75) is 19.9 Å². The Morgan fingerprint density at radius 3 is 2.57 bits per heavy atom. The van der Waals surface area contributed by atoms with Gasteiger partial charge in [0.15, 0.2) is 5.76 Å². The molecule has 1 aromatic carbocycles. The van der Waals surface area contributed by atoms with Crippen LogP contribution in [-0.4, -0.2) is 58.8 Å². The number of aromatic nitrogens is 1. The number of halogens is 1. The molecule has 0 fully saturated rings. The predicted molar refractivity (Wildman–Crippen MR) is 105 cm³/mol. The minimum atomic E-state index is -0.983. The number of hydrogen-bond acceptors (Lipinski definition) is 6. The second-order valence-corrected chi connectivity index (χ2v) is 8.17. The number of carbonyl (C=O) groups excluding carboxylic acids is 2. The number of hydrogen-bond donors (Lipinski definition) is 1. The summed E-state index contributed by atoms with van der Waals surface area (Å²) < 4.78 is 14.6. The number of ketones is 1. The Kier molecular flexibility index (Phi) is 5.62. The highest BCUT2D eigenvalue weighted by Gasteiger charge is 2.45. The summed E-state index contributed by atoms with van der Waals surface area (Å²) in [5.74, 6) is -2.32. The molecule has 8 heteroatoms. The average molecular weight is 403 g/mol. The number of aliphatic hydroxyl groups excluding tert-OH is 1. The Bertz CT molecular complexity index is 967. The Hall–Kier alpha value is -2.58. The highest BCUT2D eigenvalue weighted by Crippen LogP contribution is 2.40. The molecule has 0 spiro atoms. The van der Waals surface area contributed by atoms with Crippen molar-refractivity contribution in [3.63, 3.8) is 0 Å². The number of aryl methyl sites for hydroxylation is 2. The Balaban J connectivity index is 2.12. The van der Waals surface area contributed by atoms with E-state index in [-0.39, 0.29) is 17.7 Å². The van der Waals surface area contributed by atoms with E-state index in [4.69, 9.17) is 0 Å². The van der Waals surface area contributed by atoms with Crippen LogP contribution in [0.3, 0.4) is 0 Å². The van der Waals surface area contributed by atoms with E-state index in [0.29, 0.717) is 22.1 Å². The number of benzene rings is 1. The van der Waals surface area contributed by atoms with E-state index in [1.54, 1.807) is 26.0 Å². The molecule has 1 aliphatic heterocycles. The fourth-order valence-electron chi connectivity index (χ4n) is 3.31. The molecule has 6 nitrogen and oxygen atoms in total. The van der Waals surface area contributed by atoms with Crippen LogP contribution in [0.25, 0.3) is 0 Å². The standard InChI is InChI=1S/C20H22FN3O3S/c1-11-19(28-12(2)22-11)17(25)15-16(13-7-5-6-8-14(13)21)24(10-9-23(3)4)20(27)18(15)26/h5-8,16,26H,9-10H2,1-4H3/t16-/m0/s1. The zero-order chi connectivity index (χ0) is 20.6. The third-order valence-electron chi connectivity index (χ3n) is 4.65. The molecule has 1 aromatic heterocycles. The number of amides is 1. The number of rotatable bonds is 6. The number of Topliss-reactive ketones (excluding diaryl/α,β-unsaturated/α-hetero) is 1. The lowest BCUT2D eigenvalue weighted by molar-refractivity contribution is -0.129. The van der Waals surface area contributed by atoms with Gasteiger partial charge in [0, 0.05) is 18.7 Å². The third-order valence-corrected chi connectivity index (χ3v) is 5.72. The maximum absolute atomic E-state index is 14.6. The zero-order valence-corrected chi connectivity index (χ0v) is 17.0. The summed E-state index contributed by atoms with van der Waals surface area (Å²) in [6.45, 7) is 4.23. The summed E-state index contributed by atoms with van der Waals surface area (Å²) in [5.41, 5.74) is 0.612. The summed E-state index contributed by atoms with van der Waals surface area (Å²) in [6.07, 6.45) is 0. The molecular formula is C20H22FN3O3S. The van der Waals surface area contributed by atoms with Crippen LogP contribution in [0.1, 0.15) is 32.0 Å². The molecular weight excluding hydrogens is 381 g/mol. The quantitative estimate of drug-likeness (QED) is 0.751. The van der Waals surface area contributed by atoms with Crippen LogP contribution in [0.2, 0.25) is 0 Å². The van der Waals surface area contributed by atoms with Gasteiger partial charge in [-0.25, -0.2) is 9.37 Å². The van der Waals surface area contributed by atoms with Crippen molar-refractivity contribution in [3.8, 4) is 0 Å². The van der Waals surface area contributed by atoms with Gasteiger partial charge in [-0.3, -0.25) is 9.59 Å². The average Bonchev–Trinajstić information content (AvgIpc) is 3.10. The SMILES string of the molecule is Cc1nc(C)c(C(=O)C2=C(O)C(=O)N(CCN(C)C)[C@H]2c2ccccc2F)s1. The topological polar surface area (TPSA) is 73.7 Å². The summed E-state index contributed by atoms with van der Waals surface area (Å²) in [6, 6.07) is 5.02. The number of carbonyl (C=O) groups is 2. The first-order valence-corrected chi connectivity index (χ1v) is 9.66. The molecule has 0 saturated carbocycles. The van der Waals surface area contributed by atoms with E-state index < -0.39 is 29.3 Å². The zero-order valence-electron chi connectivity index (χ0n) is 16.2. The highest BCUT2D eigenvalue weighted by atomic mass is 32.1. The normalized spacial score (nSPS) is 17.1. The smallest absolute Gasteiger partial charge is 0.290 e. The largest absolute Gasteiger partial charge is 0.503 e. The monoisotopic (exact) mass is 403 g/mol. The van der Waals surface area contributed by atoms with Gasteiger partial charge >= 0.3 is 0 Å². The van der Waals surface area contributed by atoms with Crippen LogP contribution in [-0.2, 0) is 4.79 Å². The summed E-state index contributed by atoms with van der Waals surface area (Å²) in [4.78, 5) is 33.8. The summed E-state index contributed by atoms with van der Waals surface area (Å²) in [5, 5.41) is 11.3. The lowest BCUT2D eigenvalue weighted by Gasteiger charge is -2.28. The second kappa shape index (κ2) is 7.81. The van der Waals surface area contributed by atoms with Gasteiger partial charge in [-0.2, -0.15) is 0 Å². The lowest BCUT2D eigenvalue weighted by atomic mass is 9.94. The number of nitrogens with zero attached hydrogens (tertiary/aromatic N) is 3. The maximum Gasteiger partial charge on any atom is 0.290 e. The van der Waals surface area contributed by atoms with E-state index in [0.717, 1.165) is 0 Å². The van der Waals surface area contributed by atoms with Crippen LogP contribution < -0.4 is 0 Å². The van der Waals surface area contributed by atoms with Gasteiger partial charge in [0.05, 0.1) is 27.2 Å². The minimum absolute atomic E-state index is 0.0967. The molecule has 2 heterocycles. The van der Waals surface area contributed by atoms with E-state index in [9.17, 15) is 19.1 Å². The van der Waals surface area contributed by atoms with Crippen molar-refractivity contribution in [1.82, 2.24) is 14.8 Å². The van der Waals surface area contributed by atoms with Crippen LogP contribution in [0, 0.1) is 19.7 Å². The lowest BCUT2D eigenvalue weighted by Crippen LogP contribution is -2.37. The van der Waals surface area contributed by atoms with E-state index >= 15 is 0 Å². The molecule has 28 heavy (non-hydrogen) atoms. The molecule has 148 valence electrons. The minimum Gasteiger partial charge on any atom is -0.503 e. The molecule has 1 N–H and O–H groups in total. The molecule has 0 radical (unpaired) electrons. The van der Waals surface area contributed by atoms with Crippen molar-refractivity contribution >= 4 is 23.0 Å². The molecule has 0 unspecified atom stereocenters. The molecule has 0 bridgehead atoms. The van der Waals surface area contributed by atoms with Crippen molar-refractivity contribution < 1.29 is 19.1 Å². The van der Waals surface area contributed by atoms with Gasteiger partial charge in [-0.05, 0) is 34.0 Å². The molecule has 1 aliphatic rings. The third kappa shape index (κ3) is 3.57. The van der Waals surface area contributed by atoms with E-state index in [2.05, 4.69) is 4.98 Å². The predicted octanol–water partition coefficient (Wildman–Crippen LogP) is 3.04. The van der Waals surface area contributed by atoms with Crippen molar-refractivity contribution in [2.24, 2.45) is 0 Å². The van der Waals surface area contributed by atoms with Crippen LogP contribution in [0.5, 0.6) is 0 Å². The Morgan fingerprint density at radius 1 is 1.32 bits per heavy atom. The Labute approximate surface area is 166 Å². The van der Waals surface area contributed by atoms with Crippen LogP contribution >= 0.6 is 11.3 Å². The number of thiazole rings is 1. The van der Waals surface area contributed by atoms with Crippen LogP contribution in [0.15, 0.2) is 35.6 Å².